The van der Waals surface area contributed by atoms with Gasteiger partial charge in [-0.1, -0.05) is 35.1 Å². The first-order valence-electron chi connectivity index (χ1n) is 11.1. The number of aromatic nitrogens is 3. The molecule has 0 saturated carbocycles. The average Bonchev–Trinajstić information content (AvgIpc) is 3.41. The highest BCUT2D eigenvalue weighted by atomic mass is 35.5. The molecule has 1 aliphatic rings. The molecule has 1 aliphatic heterocycles. The molecule has 4 aromatic rings. The highest BCUT2D eigenvalue weighted by Crippen LogP contribution is 2.42. The smallest absolute Gasteiger partial charge is 0.319 e. The van der Waals surface area contributed by atoms with Crippen LogP contribution in [0.1, 0.15) is 12.8 Å². The lowest BCUT2D eigenvalue weighted by atomic mass is 10.0. The summed E-state index contributed by atoms with van der Waals surface area (Å²) in [5.41, 5.74) is 13.2. The summed E-state index contributed by atoms with van der Waals surface area (Å²) >= 11 is 7.92. The molecule has 3 heterocycles. The molecule has 1 unspecified atom stereocenters. The normalized spacial score (nSPS) is 16.5. The van der Waals surface area contributed by atoms with Gasteiger partial charge in [-0.05, 0) is 38.6 Å². The van der Waals surface area contributed by atoms with Crippen LogP contribution in [0.3, 0.4) is 0 Å². The van der Waals surface area contributed by atoms with Crippen molar-refractivity contribution in [2.24, 2.45) is 5.73 Å². The van der Waals surface area contributed by atoms with Gasteiger partial charge in [0.05, 0.1) is 15.2 Å². The third kappa shape index (κ3) is 4.22. The lowest BCUT2D eigenvalue weighted by molar-refractivity contribution is 0.188. The summed E-state index contributed by atoms with van der Waals surface area (Å²) in [6, 6.07) is 7.50. The Labute approximate surface area is 205 Å². The summed E-state index contributed by atoms with van der Waals surface area (Å²) in [5.74, 6) is -0.124. The van der Waals surface area contributed by atoms with E-state index in [2.05, 4.69) is 32.2 Å². The van der Waals surface area contributed by atoms with Gasteiger partial charge in [0.25, 0.3) is 0 Å². The molecule has 1 saturated heterocycles. The van der Waals surface area contributed by atoms with Gasteiger partial charge in [-0.3, -0.25) is 0 Å². The van der Waals surface area contributed by atoms with Crippen LogP contribution >= 0.6 is 22.9 Å². The molecular weight excluding hydrogens is 477 g/mol. The zero-order valence-corrected chi connectivity index (χ0v) is 20.2. The van der Waals surface area contributed by atoms with Crippen LogP contribution < -0.4 is 21.5 Å². The number of thiazole rings is 1. The van der Waals surface area contributed by atoms with E-state index >= 15 is 4.39 Å². The summed E-state index contributed by atoms with van der Waals surface area (Å²) in [4.78, 5) is 15.5. The number of nitrogen functional groups attached to an aromatic ring is 1. The van der Waals surface area contributed by atoms with Gasteiger partial charge >= 0.3 is 6.01 Å². The molecule has 1 atom stereocenters. The van der Waals surface area contributed by atoms with Crippen LogP contribution in [0.5, 0.6) is 6.01 Å². The van der Waals surface area contributed by atoms with Crippen LogP contribution in [0.4, 0.5) is 15.3 Å². The Balaban J connectivity index is 1.63. The van der Waals surface area contributed by atoms with E-state index in [9.17, 15) is 0 Å². The minimum atomic E-state index is -0.553. The Morgan fingerprint density at radius 3 is 2.94 bits per heavy atom. The van der Waals surface area contributed by atoms with Gasteiger partial charge in [0, 0.05) is 35.6 Å². The molecular formula is C23H25ClFN7OS. The molecule has 0 spiro atoms. The number of nitrogens with one attached hydrogen (secondary N) is 1. The number of fused-ring (bicyclic) bond motifs is 2. The SMILES string of the molecule is CN1CCCC1COc1nc(NCCN)c2cc(Cl)c(-c3cccc4nc(N)sc34)c(F)c2n1. The van der Waals surface area contributed by atoms with Crippen LogP contribution in [0, 0.1) is 5.82 Å². The van der Waals surface area contributed by atoms with Crippen molar-refractivity contribution in [3.05, 3.63) is 35.1 Å². The topological polar surface area (TPSA) is 115 Å². The van der Waals surface area contributed by atoms with E-state index in [1.807, 2.05) is 6.07 Å². The van der Waals surface area contributed by atoms with Crippen molar-refractivity contribution < 1.29 is 9.13 Å². The number of likely N-dealkylation sites (tertiary alicyclic amines) is 1. The van der Waals surface area contributed by atoms with Crippen molar-refractivity contribution in [2.75, 3.05) is 44.3 Å². The standard InChI is InChI=1S/C23H25ClFN7OS/c1-32-9-3-4-12(32)11-33-23-30-19-14(21(31-23)28-8-7-26)10-15(24)17(18(19)25)13-5-2-6-16-20(13)34-22(27)29-16/h2,5-6,10,12H,3-4,7-9,11,26H2,1H3,(H2,27,29)(H,28,30,31). The Bertz CT molecular complexity index is 1360. The van der Waals surface area contributed by atoms with E-state index in [-0.39, 0.29) is 28.2 Å². The highest BCUT2D eigenvalue weighted by molar-refractivity contribution is 7.22. The summed E-state index contributed by atoms with van der Waals surface area (Å²) in [6.07, 6.45) is 2.16. The zero-order chi connectivity index (χ0) is 23.8. The molecule has 1 fully saturated rings. The number of anilines is 2. The fourth-order valence-electron chi connectivity index (χ4n) is 4.34. The van der Waals surface area contributed by atoms with E-state index in [4.69, 9.17) is 27.8 Å². The summed E-state index contributed by atoms with van der Waals surface area (Å²) in [7, 11) is 2.07. The van der Waals surface area contributed by atoms with Crippen LogP contribution in [-0.4, -0.2) is 59.2 Å². The number of hydrogen-bond donors (Lipinski definition) is 3. The monoisotopic (exact) mass is 501 g/mol. The first kappa shape index (κ1) is 23.0. The fraction of sp³-hybridized carbons (Fsp3) is 0.348. The molecule has 2 aromatic heterocycles. The maximum Gasteiger partial charge on any atom is 0.319 e. The second-order valence-corrected chi connectivity index (χ2v) is 9.75. The second kappa shape index (κ2) is 9.46. The van der Waals surface area contributed by atoms with Crippen LogP contribution in [0.15, 0.2) is 24.3 Å². The molecule has 2 aromatic carbocycles. The van der Waals surface area contributed by atoms with Gasteiger partial charge in [-0.25, -0.2) is 9.37 Å². The zero-order valence-electron chi connectivity index (χ0n) is 18.6. The van der Waals surface area contributed by atoms with Gasteiger partial charge in [0.2, 0.25) is 0 Å². The molecule has 5 rings (SSSR count). The predicted octanol–water partition coefficient (Wildman–Crippen LogP) is 4.12. The van der Waals surface area contributed by atoms with E-state index in [1.54, 1.807) is 18.2 Å². The molecule has 0 bridgehead atoms. The second-order valence-electron chi connectivity index (χ2n) is 8.31. The Hall–Kier alpha value is -2.79. The molecule has 5 N–H and O–H groups in total. The third-order valence-corrected chi connectivity index (χ3v) is 7.31. The van der Waals surface area contributed by atoms with Gasteiger partial charge < -0.3 is 26.4 Å². The van der Waals surface area contributed by atoms with Crippen molar-refractivity contribution in [3.63, 3.8) is 0 Å². The quantitative estimate of drug-likeness (QED) is 0.346. The molecule has 8 nitrogen and oxygen atoms in total. The summed E-state index contributed by atoms with van der Waals surface area (Å²) in [5, 5.41) is 4.25. The number of benzene rings is 2. The number of nitrogens with zero attached hydrogens (tertiary/aromatic N) is 4. The lowest BCUT2D eigenvalue weighted by Crippen LogP contribution is -2.31. The van der Waals surface area contributed by atoms with Gasteiger partial charge in [-0.2, -0.15) is 9.97 Å². The average molecular weight is 502 g/mol. The molecule has 34 heavy (non-hydrogen) atoms. The largest absolute Gasteiger partial charge is 0.462 e. The molecule has 0 radical (unpaired) electrons. The molecule has 0 amide bonds. The van der Waals surface area contributed by atoms with Gasteiger partial charge in [0.1, 0.15) is 17.9 Å². The lowest BCUT2D eigenvalue weighted by Gasteiger charge is -2.19. The number of halogens is 2. The van der Waals surface area contributed by atoms with E-state index in [0.717, 1.165) is 24.1 Å². The van der Waals surface area contributed by atoms with Crippen molar-refractivity contribution in [3.8, 4) is 17.1 Å². The molecule has 0 aliphatic carbocycles. The first-order valence-corrected chi connectivity index (χ1v) is 12.3. The maximum atomic E-state index is 16.1. The Morgan fingerprint density at radius 1 is 1.32 bits per heavy atom. The van der Waals surface area contributed by atoms with Gasteiger partial charge in [0.15, 0.2) is 10.9 Å². The minimum absolute atomic E-state index is 0.111. The number of rotatable bonds is 7. The van der Waals surface area contributed by atoms with Crippen molar-refractivity contribution in [1.29, 1.82) is 0 Å². The Morgan fingerprint density at radius 2 is 2.18 bits per heavy atom. The fourth-order valence-corrected chi connectivity index (χ4v) is 5.48. The number of likely N-dealkylation sites (N-methyl/N-ethyl adjacent to an activating group) is 1. The first-order chi connectivity index (χ1) is 16.5. The highest BCUT2D eigenvalue weighted by Gasteiger charge is 2.24. The van der Waals surface area contributed by atoms with Crippen LogP contribution in [0.25, 0.3) is 32.2 Å². The van der Waals surface area contributed by atoms with E-state index in [1.165, 1.54) is 11.3 Å². The number of nitrogens with two attached hydrogens (primary N) is 2. The van der Waals surface area contributed by atoms with E-state index < -0.39 is 5.82 Å². The summed E-state index contributed by atoms with van der Waals surface area (Å²) in [6.45, 7) is 2.30. The van der Waals surface area contributed by atoms with Crippen LogP contribution in [-0.2, 0) is 0 Å². The van der Waals surface area contributed by atoms with Crippen LogP contribution in [0.2, 0.25) is 5.02 Å². The minimum Gasteiger partial charge on any atom is -0.462 e. The van der Waals surface area contributed by atoms with Crippen molar-refractivity contribution >= 4 is 55.0 Å². The van der Waals surface area contributed by atoms with Crippen molar-refractivity contribution in [2.45, 2.75) is 18.9 Å². The van der Waals surface area contributed by atoms with E-state index in [0.29, 0.717) is 47.1 Å². The van der Waals surface area contributed by atoms with Crippen molar-refractivity contribution in [1.82, 2.24) is 19.9 Å². The predicted molar refractivity (Wildman–Crippen MR) is 136 cm³/mol. The summed E-state index contributed by atoms with van der Waals surface area (Å²) < 4.78 is 22.8. The maximum absolute atomic E-state index is 16.1. The molecule has 178 valence electrons. The number of ether oxygens (including phenoxy) is 1. The van der Waals surface area contributed by atoms with Gasteiger partial charge in [-0.15, -0.1) is 0 Å². The third-order valence-electron chi connectivity index (χ3n) is 6.08. The number of hydrogen-bond acceptors (Lipinski definition) is 9. The Kier molecular flexibility index (Phi) is 6.39. The molecule has 11 heteroatoms.